The zero-order valence-electron chi connectivity index (χ0n) is 15.4. The highest BCUT2D eigenvalue weighted by Crippen LogP contribution is 2.21. The number of ether oxygens (including phenoxy) is 1. The fraction of sp³-hybridized carbons (Fsp3) is 0.227. The van der Waals surface area contributed by atoms with Gasteiger partial charge in [-0.25, -0.2) is 0 Å². The van der Waals surface area contributed by atoms with Crippen molar-refractivity contribution in [3.63, 3.8) is 0 Å². The smallest absolute Gasteiger partial charge is 0.254 e. The second kappa shape index (κ2) is 7.58. The number of hydrogen-bond acceptors (Lipinski definition) is 3. The molecular weight excluding hydrogens is 338 g/mol. The maximum Gasteiger partial charge on any atom is 0.254 e. The highest BCUT2D eigenvalue weighted by Gasteiger charge is 2.22. The molecule has 2 aromatic carbocycles. The summed E-state index contributed by atoms with van der Waals surface area (Å²) < 4.78 is 7.23. The lowest BCUT2D eigenvalue weighted by molar-refractivity contribution is 0.0747. The molecule has 5 heteroatoms. The molecule has 0 bridgehead atoms. The molecule has 1 aliphatic rings. The summed E-state index contributed by atoms with van der Waals surface area (Å²) in [5, 5.41) is 0. The van der Waals surface area contributed by atoms with Crippen molar-refractivity contribution >= 4 is 11.6 Å². The van der Waals surface area contributed by atoms with E-state index in [0.717, 1.165) is 48.9 Å². The maximum atomic E-state index is 12.9. The first-order chi connectivity index (χ1) is 13.2. The van der Waals surface area contributed by atoms with E-state index in [1.807, 2.05) is 70.4 Å². The van der Waals surface area contributed by atoms with Crippen LogP contribution in [0.5, 0.6) is 5.75 Å². The number of piperazine rings is 1. The van der Waals surface area contributed by atoms with Gasteiger partial charge in [-0.05, 0) is 54.6 Å². The number of amides is 1. The number of nitrogens with zero attached hydrogens (tertiary/aromatic N) is 3. The standard InChI is InChI=1S/C22H23N3O2/c1-27-21-9-7-19(8-10-21)24-13-15-25(16-14-24)22(26)18-5-4-6-20(17-18)23-11-2-3-12-23/h2-12,17H,13-16H2,1H3. The predicted octanol–water partition coefficient (Wildman–Crippen LogP) is 3.45. The van der Waals surface area contributed by atoms with Crippen LogP contribution in [0.4, 0.5) is 5.69 Å². The summed E-state index contributed by atoms with van der Waals surface area (Å²) in [6.45, 7) is 3.10. The molecule has 1 saturated heterocycles. The van der Waals surface area contributed by atoms with Crippen LogP contribution in [0.2, 0.25) is 0 Å². The summed E-state index contributed by atoms with van der Waals surface area (Å²) in [4.78, 5) is 17.2. The minimum atomic E-state index is 0.0957. The number of methoxy groups -OCH3 is 1. The number of rotatable bonds is 4. The van der Waals surface area contributed by atoms with Gasteiger partial charge >= 0.3 is 0 Å². The number of benzene rings is 2. The first-order valence-corrected chi connectivity index (χ1v) is 9.16. The largest absolute Gasteiger partial charge is 0.497 e. The van der Waals surface area contributed by atoms with E-state index in [-0.39, 0.29) is 5.91 Å². The van der Waals surface area contributed by atoms with E-state index in [2.05, 4.69) is 17.0 Å². The van der Waals surface area contributed by atoms with Crippen LogP contribution >= 0.6 is 0 Å². The third kappa shape index (κ3) is 3.67. The molecule has 0 radical (unpaired) electrons. The molecule has 5 nitrogen and oxygen atoms in total. The average molecular weight is 361 g/mol. The Labute approximate surface area is 159 Å². The van der Waals surface area contributed by atoms with Crippen molar-refractivity contribution in [2.75, 3.05) is 38.2 Å². The number of hydrogen-bond donors (Lipinski definition) is 0. The molecule has 0 spiro atoms. The van der Waals surface area contributed by atoms with Crippen molar-refractivity contribution in [2.45, 2.75) is 0 Å². The lowest BCUT2D eigenvalue weighted by Crippen LogP contribution is -2.48. The van der Waals surface area contributed by atoms with Gasteiger partial charge in [0.1, 0.15) is 5.75 Å². The quantitative estimate of drug-likeness (QED) is 0.714. The molecule has 27 heavy (non-hydrogen) atoms. The zero-order valence-corrected chi connectivity index (χ0v) is 15.4. The minimum absolute atomic E-state index is 0.0957. The monoisotopic (exact) mass is 361 g/mol. The Morgan fingerprint density at radius 3 is 2.22 bits per heavy atom. The van der Waals surface area contributed by atoms with Gasteiger partial charge in [0.2, 0.25) is 0 Å². The van der Waals surface area contributed by atoms with Crippen LogP contribution in [0.1, 0.15) is 10.4 Å². The van der Waals surface area contributed by atoms with Crippen molar-refractivity contribution in [1.82, 2.24) is 9.47 Å². The van der Waals surface area contributed by atoms with E-state index in [9.17, 15) is 4.79 Å². The normalized spacial score (nSPS) is 14.3. The fourth-order valence-corrected chi connectivity index (χ4v) is 3.45. The van der Waals surface area contributed by atoms with Gasteiger partial charge in [-0.15, -0.1) is 0 Å². The van der Waals surface area contributed by atoms with E-state index in [4.69, 9.17) is 4.74 Å². The zero-order chi connectivity index (χ0) is 18.6. The molecule has 0 saturated carbocycles. The number of aromatic nitrogens is 1. The Hall–Kier alpha value is -3.21. The second-order valence-corrected chi connectivity index (χ2v) is 6.62. The first kappa shape index (κ1) is 17.2. The summed E-state index contributed by atoms with van der Waals surface area (Å²) in [7, 11) is 1.67. The van der Waals surface area contributed by atoms with Crippen molar-refractivity contribution in [2.24, 2.45) is 0 Å². The molecule has 1 aliphatic heterocycles. The van der Waals surface area contributed by atoms with Crippen molar-refractivity contribution in [1.29, 1.82) is 0 Å². The van der Waals surface area contributed by atoms with Crippen LogP contribution in [0.15, 0.2) is 73.1 Å². The van der Waals surface area contributed by atoms with E-state index in [1.54, 1.807) is 7.11 Å². The molecule has 138 valence electrons. The third-order valence-corrected chi connectivity index (χ3v) is 5.00. The summed E-state index contributed by atoms with van der Waals surface area (Å²) in [5.74, 6) is 0.952. The molecule has 0 unspecified atom stereocenters. The molecule has 0 N–H and O–H groups in total. The van der Waals surface area contributed by atoms with Gasteiger partial charge in [-0.2, -0.15) is 0 Å². The number of carbonyl (C=O) groups excluding carboxylic acids is 1. The minimum Gasteiger partial charge on any atom is -0.497 e. The molecule has 3 aromatic rings. The summed E-state index contributed by atoms with van der Waals surface area (Å²) in [6, 6.07) is 19.8. The van der Waals surface area contributed by atoms with Crippen LogP contribution in [0.25, 0.3) is 5.69 Å². The van der Waals surface area contributed by atoms with Crippen molar-refractivity contribution in [3.05, 3.63) is 78.6 Å². The molecule has 4 rings (SSSR count). The van der Waals surface area contributed by atoms with E-state index in [1.165, 1.54) is 0 Å². The van der Waals surface area contributed by atoms with Crippen molar-refractivity contribution < 1.29 is 9.53 Å². The summed E-state index contributed by atoms with van der Waals surface area (Å²) in [6.07, 6.45) is 3.97. The molecule has 2 heterocycles. The van der Waals surface area contributed by atoms with Crippen LogP contribution < -0.4 is 9.64 Å². The highest BCUT2D eigenvalue weighted by molar-refractivity contribution is 5.95. The average Bonchev–Trinajstić information content (AvgIpc) is 3.29. The highest BCUT2D eigenvalue weighted by atomic mass is 16.5. The third-order valence-electron chi connectivity index (χ3n) is 5.00. The molecular formula is C22H23N3O2. The topological polar surface area (TPSA) is 37.7 Å². The predicted molar refractivity (Wildman–Crippen MR) is 107 cm³/mol. The fourth-order valence-electron chi connectivity index (χ4n) is 3.45. The summed E-state index contributed by atoms with van der Waals surface area (Å²) in [5.41, 5.74) is 2.90. The molecule has 0 atom stereocenters. The SMILES string of the molecule is COc1ccc(N2CCN(C(=O)c3cccc(-n4cccc4)c3)CC2)cc1. The lowest BCUT2D eigenvalue weighted by Gasteiger charge is -2.36. The molecule has 0 aliphatic carbocycles. The van der Waals surface area contributed by atoms with Crippen LogP contribution in [-0.4, -0.2) is 48.7 Å². The van der Waals surface area contributed by atoms with Gasteiger partial charge in [-0.1, -0.05) is 6.07 Å². The van der Waals surface area contributed by atoms with Gasteiger partial charge in [0, 0.05) is 55.5 Å². The molecule has 1 aromatic heterocycles. The maximum absolute atomic E-state index is 12.9. The number of anilines is 1. The lowest BCUT2D eigenvalue weighted by atomic mass is 10.1. The Morgan fingerprint density at radius 1 is 0.852 bits per heavy atom. The summed E-state index contributed by atoms with van der Waals surface area (Å²) >= 11 is 0. The van der Waals surface area contributed by atoms with Crippen LogP contribution in [0.3, 0.4) is 0 Å². The van der Waals surface area contributed by atoms with Gasteiger partial charge in [-0.3, -0.25) is 4.79 Å². The Bertz CT molecular complexity index is 896. The molecule has 1 amide bonds. The Morgan fingerprint density at radius 2 is 1.56 bits per heavy atom. The van der Waals surface area contributed by atoms with Gasteiger partial charge in [0.25, 0.3) is 5.91 Å². The van der Waals surface area contributed by atoms with Crippen LogP contribution in [-0.2, 0) is 0 Å². The van der Waals surface area contributed by atoms with E-state index in [0.29, 0.717) is 0 Å². The van der Waals surface area contributed by atoms with Crippen LogP contribution in [0, 0.1) is 0 Å². The van der Waals surface area contributed by atoms with Gasteiger partial charge < -0.3 is 19.1 Å². The Balaban J connectivity index is 1.42. The van der Waals surface area contributed by atoms with Gasteiger partial charge in [0.05, 0.1) is 7.11 Å². The van der Waals surface area contributed by atoms with E-state index >= 15 is 0 Å². The van der Waals surface area contributed by atoms with E-state index < -0.39 is 0 Å². The Kier molecular flexibility index (Phi) is 4.83. The number of carbonyl (C=O) groups is 1. The second-order valence-electron chi connectivity index (χ2n) is 6.62. The first-order valence-electron chi connectivity index (χ1n) is 9.16. The van der Waals surface area contributed by atoms with Crippen molar-refractivity contribution in [3.8, 4) is 11.4 Å². The van der Waals surface area contributed by atoms with Gasteiger partial charge in [0.15, 0.2) is 0 Å². The molecule has 1 fully saturated rings.